The van der Waals surface area contributed by atoms with E-state index in [2.05, 4.69) is 61.8 Å². The van der Waals surface area contributed by atoms with E-state index in [0.717, 1.165) is 58.3 Å². The van der Waals surface area contributed by atoms with Crippen LogP contribution in [-0.4, -0.2) is 157 Å². The van der Waals surface area contributed by atoms with Crippen molar-refractivity contribution in [1.82, 2.24) is 15.3 Å². The smallest absolute Gasteiger partial charge is 0.294 e. The Morgan fingerprint density at radius 2 is 1.11 bits per heavy atom. The van der Waals surface area contributed by atoms with Crippen molar-refractivity contribution in [3.8, 4) is 0 Å². The lowest BCUT2D eigenvalue weighted by Gasteiger charge is -2.28. The molecule has 8 N–H and O–H groups in total. The molecule has 1 unspecified atom stereocenters. The first-order valence-electron chi connectivity index (χ1n) is 28.7. The third-order valence-corrected chi connectivity index (χ3v) is 17.8. The molecule has 2 saturated heterocycles. The van der Waals surface area contributed by atoms with E-state index < -0.39 is 49.5 Å². The van der Waals surface area contributed by atoms with E-state index in [1.54, 1.807) is 19.2 Å². The monoisotopic (exact) mass is 1320 g/mol. The largest absolute Gasteiger partial charge is 0.378 e. The molecule has 2 fully saturated rings. The van der Waals surface area contributed by atoms with E-state index in [9.17, 15) is 50.5 Å². The highest BCUT2D eigenvalue weighted by Crippen LogP contribution is 2.41. The summed E-state index contributed by atoms with van der Waals surface area (Å²) in [6, 6.07) is 20.6. The van der Waals surface area contributed by atoms with E-state index in [-0.39, 0.29) is 48.9 Å². The van der Waals surface area contributed by atoms with Crippen LogP contribution in [0.3, 0.4) is 0 Å². The number of thiazole rings is 2. The highest BCUT2D eigenvalue weighted by atomic mass is 32.2. The number of hydrogen-bond acceptors (Lipinski definition) is 23. The number of aliphatic imine (C=N–C) groups is 1. The summed E-state index contributed by atoms with van der Waals surface area (Å²) in [6.07, 6.45) is 1.41. The number of azo groups is 2. The number of amides is 2. The minimum atomic E-state index is -4.50. The molecule has 2 aromatic heterocycles. The minimum Gasteiger partial charge on any atom is -0.378 e. The van der Waals surface area contributed by atoms with Crippen LogP contribution in [0.4, 0.5) is 67.4 Å². The highest BCUT2D eigenvalue weighted by Gasteiger charge is 2.34. The Bertz CT molecular complexity index is 4010. The second kappa shape index (κ2) is 30.7. The molecule has 0 bridgehead atoms. The quantitative estimate of drug-likeness (QED) is 0.00532. The molecule has 4 heterocycles. The molecule has 0 saturated carbocycles. The third kappa shape index (κ3) is 17.7. The van der Waals surface area contributed by atoms with Gasteiger partial charge in [-0.25, -0.2) is 0 Å². The van der Waals surface area contributed by atoms with Gasteiger partial charge < -0.3 is 55.7 Å². The Morgan fingerprint density at radius 1 is 0.648 bits per heavy atom. The van der Waals surface area contributed by atoms with Crippen molar-refractivity contribution in [2.24, 2.45) is 25.4 Å². The van der Waals surface area contributed by atoms with E-state index in [1.807, 2.05) is 61.8 Å². The Balaban J connectivity index is 1.09. The summed E-state index contributed by atoms with van der Waals surface area (Å²) < 4.78 is 76.6. The maximum atomic E-state index is 14.0. The minimum absolute atomic E-state index is 0.121. The predicted octanol–water partition coefficient (Wildman–Crippen LogP) is 9.25. The zero-order valence-corrected chi connectivity index (χ0v) is 54.0. The summed E-state index contributed by atoms with van der Waals surface area (Å²) in [5.74, 6) is -3.32. The number of rotatable bonds is 24. The van der Waals surface area contributed by atoms with Gasteiger partial charge >= 0.3 is 0 Å². The number of hydrogen-bond donors (Lipinski definition) is 8. The van der Waals surface area contributed by atoms with Gasteiger partial charge in [0.2, 0.25) is 28.1 Å². The number of nitrogens with one attached hydrogen (secondary N) is 6. The van der Waals surface area contributed by atoms with Gasteiger partial charge in [0.25, 0.3) is 26.1 Å². The van der Waals surface area contributed by atoms with Gasteiger partial charge in [-0.3, -0.25) is 33.7 Å². The SMILES string of the molecule is CCN(CC)c1ccc(/N=N/c2nc(N3CCOCC3)c(/C=C(\C(C)=O)C(=O)Nc3ccc(S(=O)(=O)O)cc3)s2)c(NC(=N)/N=C(\NC)Nc2cc(N(CC)CC)ccc2/N=N/c2nc(N3CCOCC3)c(C(C(C)=O)C(=O)Nc3ccc(S(=O)(=O)O)cc3)s2)c1. The van der Waals surface area contributed by atoms with Crippen LogP contribution in [0.2, 0.25) is 0 Å². The van der Waals surface area contributed by atoms with Crippen molar-refractivity contribution in [2.75, 3.05) is 127 Å². The number of ether oxygens (including phenoxy) is 2. The van der Waals surface area contributed by atoms with Crippen molar-refractivity contribution in [1.29, 1.82) is 5.41 Å². The summed E-state index contributed by atoms with van der Waals surface area (Å²) >= 11 is 2.08. The van der Waals surface area contributed by atoms with E-state index >= 15 is 0 Å². The van der Waals surface area contributed by atoms with Gasteiger partial charge in [-0.05, 0) is 133 Å². The topological polar surface area (TPSA) is 380 Å². The van der Waals surface area contributed by atoms with Gasteiger partial charge in [0, 0.05) is 82.2 Å². The highest BCUT2D eigenvalue weighted by molar-refractivity contribution is 7.86. The number of carbonyl (C=O) groups is 4. The second-order valence-corrected chi connectivity index (χ2v) is 25.0. The molecule has 2 aliphatic rings. The normalized spacial score (nSPS) is 14.5. The molecular formula is C58H69N17O12S4. The maximum Gasteiger partial charge on any atom is 0.294 e. The first-order valence-corrected chi connectivity index (χ1v) is 33.2. The molecule has 2 amide bonds. The molecule has 0 spiro atoms. The van der Waals surface area contributed by atoms with E-state index in [0.29, 0.717) is 123 Å². The molecule has 4 aromatic carbocycles. The standard InChI is InChI=1S/C58H69N17O12S4/c1-8-72(9-2)39-16-22-44(68-70-57-65-51(74-24-28-86-29-25-74)48(88-57)34-43(35(5)76)53(78)61-37-12-18-41(19-13-37)90(80,81)82)46(32-39)63-55(59)67-56(60-7)64-47-33-40(73(10-3)11-4)17-23-45(47)69-71-58-66-52(75-26-30-87-31-27-75)50(89-58)49(36(6)77)54(79)62-38-14-20-42(21-15-38)91(83,84)85/h12-23,32-34,49H,8-11,24-31H2,1-7H3,(H,61,78)(H,62,79)(H,80,81,82)(H,83,84,85)(H4,59,60,63,64,67)/b43-34+,70-68+,71-69+. The number of carbonyl (C=O) groups excluding carboxylic acids is 4. The zero-order valence-electron chi connectivity index (χ0n) is 50.8. The maximum absolute atomic E-state index is 14.0. The van der Waals surface area contributed by atoms with E-state index in [4.69, 9.17) is 19.4 Å². The average molecular weight is 1320 g/mol. The molecule has 8 rings (SSSR count). The Morgan fingerprint density at radius 3 is 1.57 bits per heavy atom. The van der Waals surface area contributed by atoms with Gasteiger partial charge in [-0.2, -0.15) is 31.8 Å². The third-order valence-electron chi connectivity index (χ3n) is 14.2. The van der Waals surface area contributed by atoms with Crippen LogP contribution in [0.25, 0.3) is 6.08 Å². The molecule has 6 aromatic rings. The van der Waals surface area contributed by atoms with Crippen LogP contribution >= 0.6 is 22.7 Å². The van der Waals surface area contributed by atoms with Crippen LogP contribution in [0.5, 0.6) is 0 Å². The molecule has 33 heteroatoms. The number of ketones is 2. The van der Waals surface area contributed by atoms with Gasteiger partial charge in [0.1, 0.15) is 34.7 Å². The van der Waals surface area contributed by atoms with Gasteiger partial charge in [-0.15, -0.1) is 20.5 Å². The number of nitrogens with zero attached hydrogens (tertiary/aromatic N) is 11. The molecule has 1 atom stereocenters. The Hall–Kier alpha value is -8.96. The second-order valence-electron chi connectivity index (χ2n) is 20.1. The lowest BCUT2D eigenvalue weighted by molar-refractivity contribution is -0.126. The number of Topliss-reactive ketones (excluding diaryl/α,β-unsaturated/α-hetero) is 2. The number of anilines is 8. The fourth-order valence-corrected chi connectivity index (χ4v) is 12.4. The summed E-state index contributed by atoms with van der Waals surface area (Å²) in [5, 5.41) is 42.6. The van der Waals surface area contributed by atoms with Crippen molar-refractivity contribution in [3.05, 3.63) is 100 Å². The number of benzene rings is 4. The average Bonchev–Trinajstić information content (AvgIpc) is 1.72. The van der Waals surface area contributed by atoms with Gasteiger partial charge in [0.05, 0.1) is 62.9 Å². The van der Waals surface area contributed by atoms with Crippen molar-refractivity contribution < 1.29 is 54.6 Å². The lowest BCUT2D eigenvalue weighted by Crippen LogP contribution is -2.38. The van der Waals surface area contributed by atoms with Gasteiger partial charge in [0.15, 0.2) is 5.78 Å². The van der Waals surface area contributed by atoms with Crippen LogP contribution in [0, 0.1) is 5.41 Å². The van der Waals surface area contributed by atoms with Crippen molar-refractivity contribution in [2.45, 2.75) is 57.3 Å². The van der Waals surface area contributed by atoms with Crippen molar-refractivity contribution >= 4 is 152 Å². The molecule has 482 valence electrons. The summed E-state index contributed by atoms with van der Waals surface area (Å²) in [6.45, 7) is 16.5. The Kier molecular flexibility index (Phi) is 22.9. The fraction of sp³-hybridized carbons (Fsp3) is 0.345. The number of aromatic nitrogens is 2. The first kappa shape index (κ1) is 68.0. The first-order chi connectivity index (χ1) is 43.5. The molecule has 91 heavy (non-hydrogen) atoms. The lowest BCUT2D eigenvalue weighted by atomic mass is 10.0. The predicted molar refractivity (Wildman–Crippen MR) is 352 cm³/mol. The van der Waals surface area contributed by atoms with Crippen LogP contribution in [0.15, 0.2) is 126 Å². The Labute approximate surface area is 533 Å². The zero-order chi connectivity index (χ0) is 65.6. The fourth-order valence-electron chi connectivity index (χ4n) is 9.50. The summed E-state index contributed by atoms with van der Waals surface area (Å²) in [5.41, 5.74) is 3.20. The van der Waals surface area contributed by atoms with E-state index in [1.165, 1.54) is 44.2 Å². The van der Waals surface area contributed by atoms with Gasteiger partial charge in [-0.1, -0.05) is 22.7 Å². The van der Waals surface area contributed by atoms with Crippen LogP contribution in [-0.2, 0) is 48.9 Å². The number of guanidine groups is 2. The van der Waals surface area contributed by atoms with Crippen LogP contribution in [0.1, 0.15) is 57.2 Å². The summed E-state index contributed by atoms with van der Waals surface area (Å²) in [7, 11) is -7.36. The number of morpholine rings is 2. The molecule has 0 aliphatic carbocycles. The molecule has 29 nitrogen and oxygen atoms in total. The van der Waals surface area contributed by atoms with Crippen LogP contribution < -0.4 is 46.2 Å². The van der Waals surface area contributed by atoms with Crippen molar-refractivity contribution in [3.63, 3.8) is 0 Å². The summed E-state index contributed by atoms with van der Waals surface area (Å²) in [4.78, 5) is 76.4. The molecular weight excluding hydrogens is 1260 g/mol. The molecule has 2 aliphatic heterocycles. The molecule has 0 radical (unpaired) electrons.